The van der Waals surface area contributed by atoms with Crippen LogP contribution in [0.4, 0.5) is 0 Å². The van der Waals surface area contributed by atoms with Crippen molar-refractivity contribution in [2.24, 2.45) is 11.1 Å². The smallest absolute Gasteiger partial charge is 0.309 e. The van der Waals surface area contributed by atoms with Crippen LogP contribution in [0.5, 0.6) is 0 Å². The largest absolute Gasteiger partial charge is 0.466 e. The van der Waals surface area contributed by atoms with Gasteiger partial charge >= 0.3 is 5.97 Å². The predicted molar refractivity (Wildman–Crippen MR) is 65.3 cm³/mol. The van der Waals surface area contributed by atoms with Crippen molar-refractivity contribution >= 4 is 16.0 Å². The van der Waals surface area contributed by atoms with Gasteiger partial charge in [-0.15, -0.1) is 0 Å². The summed E-state index contributed by atoms with van der Waals surface area (Å²) >= 11 is 0. The van der Waals surface area contributed by atoms with Gasteiger partial charge in [0.2, 0.25) is 10.0 Å². The molecule has 0 radical (unpaired) electrons. The van der Waals surface area contributed by atoms with Crippen molar-refractivity contribution in [2.75, 3.05) is 6.61 Å². The Morgan fingerprint density at radius 2 is 2.00 bits per heavy atom. The molecule has 18 heavy (non-hydrogen) atoms. The van der Waals surface area contributed by atoms with Gasteiger partial charge in [-0.1, -0.05) is 12.1 Å². The number of carbonyl (C=O) groups is 1. The molecule has 0 aliphatic heterocycles. The van der Waals surface area contributed by atoms with Crippen molar-refractivity contribution in [1.29, 1.82) is 0 Å². The molecule has 2 atom stereocenters. The van der Waals surface area contributed by atoms with Crippen LogP contribution in [0.1, 0.15) is 24.8 Å². The Hall–Kier alpha value is -1.40. The topological polar surface area (TPSA) is 86.5 Å². The van der Waals surface area contributed by atoms with Crippen LogP contribution in [0.3, 0.4) is 0 Å². The number of nitrogens with two attached hydrogens (primary N) is 1. The van der Waals surface area contributed by atoms with E-state index in [1.54, 1.807) is 19.1 Å². The first-order valence-corrected chi connectivity index (χ1v) is 7.27. The van der Waals surface area contributed by atoms with Gasteiger partial charge in [0.05, 0.1) is 17.4 Å². The van der Waals surface area contributed by atoms with E-state index < -0.39 is 10.0 Å². The van der Waals surface area contributed by atoms with E-state index in [1.165, 1.54) is 12.1 Å². The lowest BCUT2D eigenvalue weighted by Crippen LogP contribution is -2.12. The number of rotatable bonds is 4. The van der Waals surface area contributed by atoms with Crippen LogP contribution in [0.25, 0.3) is 0 Å². The Morgan fingerprint density at radius 1 is 1.39 bits per heavy atom. The van der Waals surface area contributed by atoms with E-state index in [-0.39, 0.29) is 22.7 Å². The number of ether oxygens (including phenoxy) is 1. The normalized spacial score (nSPS) is 22.6. The summed E-state index contributed by atoms with van der Waals surface area (Å²) in [6.45, 7) is 2.16. The average molecular weight is 269 g/mol. The monoisotopic (exact) mass is 269 g/mol. The summed E-state index contributed by atoms with van der Waals surface area (Å²) in [7, 11) is -3.65. The summed E-state index contributed by atoms with van der Waals surface area (Å²) in [6, 6.07) is 6.32. The maximum Gasteiger partial charge on any atom is 0.309 e. The number of esters is 1. The van der Waals surface area contributed by atoms with Gasteiger partial charge in [-0.2, -0.15) is 0 Å². The lowest BCUT2D eigenvalue weighted by molar-refractivity contribution is -0.144. The molecule has 98 valence electrons. The van der Waals surface area contributed by atoms with Gasteiger partial charge < -0.3 is 4.74 Å². The van der Waals surface area contributed by atoms with Gasteiger partial charge in [0.1, 0.15) is 0 Å². The molecule has 0 aromatic heterocycles. The molecule has 0 amide bonds. The Morgan fingerprint density at radius 3 is 2.50 bits per heavy atom. The van der Waals surface area contributed by atoms with Crippen molar-refractivity contribution in [3.8, 4) is 0 Å². The number of hydrogen-bond donors (Lipinski definition) is 1. The second-order valence-electron chi connectivity index (χ2n) is 4.31. The summed E-state index contributed by atoms with van der Waals surface area (Å²) in [5.74, 6) is -0.137. The van der Waals surface area contributed by atoms with Gasteiger partial charge in [-0.25, -0.2) is 13.6 Å². The van der Waals surface area contributed by atoms with Crippen molar-refractivity contribution < 1.29 is 17.9 Å². The fraction of sp³-hybridized carbons (Fsp3) is 0.417. The van der Waals surface area contributed by atoms with Crippen LogP contribution >= 0.6 is 0 Å². The Labute approximate surface area is 106 Å². The lowest BCUT2D eigenvalue weighted by atomic mass is 10.1. The summed E-state index contributed by atoms with van der Waals surface area (Å²) in [4.78, 5) is 11.6. The van der Waals surface area contributed by atoms with E-state index in [1.807, 2.05) is 0 Å². The molecule has 1 aliphatic carbocycles. The van der Waals surface area contributed by atoms with Gasteiger partial charge in [-0.3, -0.25) is 4.79 Å². The molecule has 2 rings (SSSR count). The molecule has 0 bridgehead atoms. The third kappa shape index (κ3) is 2.70. The quantitative estimate of drug-likeness (QED) is 0.826. The highest BCUT2D eigenvalue weighted by Crippen LogP contribution is 2.48. The zero-order valence-electron chi connectivity index (χ0n) is 10.00. The highest BCUT2D eigenvalue weighted by Gasteiger charge is 2.45. The predicted octanol–water partition coefficient (Wildman–Crippen LogP) is 1.00. The van der Waals surface area contributed by atoms with E-state index in [2.05, 4.69) is 0 Å². The molecule has 0 saturated heterocycles. The molecular weight excluding hydrogens is 254 g/mol. The van der Waals surface area contributed by atoms with Crippen LogP contribution in [0.2, 0.25) is 0 Å². The molecule has 1 aromatic carbocycles. The Kier molecular flexibility index (Phi) is 3.41. The molecule has 2 N–H and O–H groups in total. The standard InChI is InChI=1S/C12H15NO4S/c1-2-17-12(14)11-7-10(11)8-3-5-9(6-4-8)18(13,15)16/h3-6,10-11H,2,7H2,1H3,(H2,13,15,16)/t10-,11+/m1/s1. The summed E-state index contributed by atoms with van der Waals surface area (Å²) < 4.78 is 27.1. The number of benzene rings is 1. The van der Waals surface area contributed by atoms with Crippen LogP contribution in [-0.4, -0.2) is 21.0 Å². The number of sulfonamides is 1. The average Bonchev–Trinajstić information content (AvgIpc) is 3.08. The van der Waals surface area contributed by atoms with Crippen LogP contribution in [0, 0.1) is 5.92 Å². The van der Waals surface area contributed by atoms with Gasteiger partial charge in [-0.05, 0) is 37.0 Å². The molecule has 5 nitrogen and oxygen atoms in total. The fourth-order valence-electron chi connectivity index (χ4n) is 1.98. The summed E-state index contributed by atoms with van der Waals surface area (Å²) in [5.41, 5.74) is 0.945. The molecule has 1 fully saturated rings. The van der Waals surface area contributed by atoms with Crippen molar-refractivity contribution in [1.82, 2.24) is 0 Å². The van der Waals surface area contributed by atoms with E-state index in [0.29, 0.717) is 6.61 Å². The number of carbonyl (C=O) groups excluding carboxylic acids is 1. The van der Waals surface area contributed by atoms with Crippen molar-refractivity contribution in [3.63, 3.8) is 0 Å². The number of hydrogen-bond acceptors (Lipinski definition) is 4. The van der Waals surface area contributed by atoms with E-state index in [9.17, 15) is 13.2 Å². The zero-order chi connectivity index (χ0) is 13.3. The Balaban J connectivity index is 2.07. The zero-order valence-corrected chi connectivity index (χ0v) is 10.8. The highest BCUT2D eigenvalue weighted by atomic mass is 32.2. The third-order valence-corrected chi connectivity index (χ3v) is 3.95. The van der Waals surface area contributed by atoms with Crippen LogP contribution in [0.15, 0.2) is 29.2 Å². The minimum Gasteiger partial charge on any atom is -0.466 e. The second kappa shape index (κ2) is 4.70. The first-order chi connectivity index (χ1) is 8.43. The maximum atomic E-state index is 11.5. The molecule has 0 spiro atoms. The molecule has 0 unspecified atom stereocenters. The lowest BCUT2D eigenvalue weighted by Gasteiger charge is -2.03. The van der Waals surface area contributed by atoms with E-state index in [4.69, 9.17) is 9.88 Å². The van der Waals surface area contributed by atoms with Crippen molar-refractivity contribution in [3.05, 3.63) is 29.8 Å². The minimum atomic E-state index is -3.65. The first kappa shape index (κ1) is 13.0. The molecule has 6 heteroatoms. The van der Waals surface area contributed by atoms with Gasteiger partial charge in [0, 0.05) is 0 Å². The Bertz CT molecular complexity index is 550. The third-order valence-electron chi connectivity index (χ3n) is 3.02. The molecule has 0 heterocycles. The molecule has 1 aromatic rings. The molecular formula is C12H15NO4S. The first-order valence-electron chi connectivity index (χ1n) is 5.73. The molecule has 1 aliphatic rings. The van der Waals surface area contributed by atoms with Gasteiger partial charge in [0.15, 0.2) is 0 Å². The van der Waals surface area contributed by atoms with E-state index >= 15 is 0 Å². The second-order valence-corrected chi connectivity index (χ2v) is 5.88. The summed E-state index contributed by atoms with van der Waals surface area (Å²) in [5, 5.41) is 5.01. The maximum absolute atomic E-state index is 11.5. The SMILES string of the molecule is CCOC(=O)[C@H]1C[C@@H]1c1ccc(S(N)(=O)=O)cc1. The summed E-state index contributed by atoms with van der Waals surface area (Å²) in [6.07, 6.45) is 0.757. The fourth-order valence-corrected chi connectivity index (χ4v) is 2.49. The number of primary sulfonamides is 1. The van der Waals surface area contributed by atoms with E-state index in [0.717, 1.165) is 12.0 Å². The van der Waals surface area contributed by atoms with Crippen molar-refractivity contribution in [2.45, 2.75) is 24.2 Å². The van der Waals surface area contributed by atoms with Crippen LogP contribution < -0.4 is 5.14 Å². The minimum absolute atomic E-state index is 0.0829. The van der Waals surface area contributed by atoms with Crippen LogP contribution in [-0.2, 0) is 19.6 Å². The van der Waals surface area contributed by atoms with Gasteiger partial charge in [0.25, 0.3) is 0 Å². The molecule has 1 saturated carbocycles. The highest BCUT2D eigenvalue weighted by molar-refractivity contribution is 7.89.